The molecule has 2 nitrogen and oxygen atoms in total. The largest absolute Gasteiger partial charge is 0.385 e. The molecule has 16 heavy (non-hydrogen) atoms. The minimum absolute atomic E-state index is 0.0446. The average molecular weight is 224 g/mol. The van der Waals surface area contributed by atoms with Gasteiger partial charge in [-0.3, -0.25) is 0 Å². The van der Waals surface area contributed by atoms with Crippen LogP contribution in [0.2, 0.25) is 0 Å². The first kappa shape index (κ1) is 11.6. The third-order valence-electron chi connectivity index (χ3n) is 3.23. The molecule has 1 heterocycles. The maximum atomic E-state index is 13.0. The van der Waals surface area contributed by atoms with Crippen LogP contribution in [0, 0.1) is 12.7 Å². The molecule has 2 unspecified atom stereocenters. The van der Waals surface area contributed by atoms with E-state index in [9.17, 15) is 9.50 Å². The van der Waals surface area contributed by atoms with Gasteiger partial charge < -0.3 is 9.84 Å². The maximum Gasteiger partial charge on any atom is 0.123 e. The molecule has 1 fully saturated rings. The van der Waals surface area contributed by atoms with E-state index in [0.29, 0.717) is 19.4 Å². The van der Waals surface area contributed by atoms with Gasteiger partial charge in [-0.2, -0.15) is 0 Å². The Hall–Kier alpha value is -0.930. The molecular formula is C13H17FO2. The Morgan fingerprint density at radius 3 is 2.88 bits per heavy atom. The molecule has 88 valence electrons. The van der Waals surface area contributed by atoms with Crippen LogP contribution < -0.4 is 0 Å². The lowest BCUT2D eigenvalue weighted by atomic mass is 9.82. The van der Waals surface area contributed by atoms with Crippen molar-refractivity contribution < 1.29 is 14.2 Å². The van der Waals surface area contributed by atoms with Crippen molar-refractivity contribution in [2.45, 2.75) is 38.4 Å². The van der Waals surface area contributed by atoms with Crippen LogP contribution in [-0.4, -0.2) is 17.8 Å². The number of aryl methyl sites for hydroxylation is 1. The van der Waals surface area contributed by atoms with Crippen LogP contribution in [0.25, 0.3) is 0 Å². The van der Waals surface area contributed by atoms with Gasteiger partial charge in [0.1, 0.15) is 5.82 Å². The summed E-state index contributed by atoms with van der Waals surface area (Å²) in [6.45, 7) is 4.33. The van der Waals surface area contributed by atoms with E-state index in [1.807, 2.05) is 13.8 Å². The molecular weight excluding hydrogens is 207 g/mol. The minimum Gasteiger partial charge on any atom is -0.385 e. The van der Waals surface area contributed by atoms with E-state index in [2.05, 4.69) is 0 Å². The lowest BCUT2D eigenvalue weighted by Crippen LogP contribution is -2.37. The molecule has 0 amide bonds. The number of halogens is 1. The first-order valence-electron chi connectivity index (χ1n) is 5.62. The normalized spacial score (nSPS) is 30.4. The van der Waals surface area contributed by atoms with Gasteiger partial charge in [-0.05, 0) is 37.1 Å². The molecule has 0 radical (unpaired) electrons. The highest BCUT2D eigenvalue weighted by Gasteiger charge is 2.35. The van der Waals surface area contributed by atoms with E-state index < -0.39 is 5.60 Å². The van der Waals surface area contributed by atoms with Crippen molar-refractivity contribution >= 4 is 0 Å². The van der Waals surface area contributed by atoms with Crippen molar-refractivity contribution in [2.24, 2.45) is 0 Å². The lowest BCUT2D eigenvalue weighted by Gasteiger charge is -2.36. The van der Waals surface area contributed by atoms with Crippen molar-refractivity contribution in [3.05, 3.63) is 35.1 Å². The van der Waals surface area contributed by atoms with Crippen molar-refractivity contribution in [3.8, 4) is 0 Å². The summed E-state index contributed by atoms with van der Waals surface area (Å²) in [6, 6.07) is 4.55. The molecule has 1 aliphatic heterocycles. The van der Waals surface area contributed by atoms with Gasteiger partial charge >= 0.3 is 0 Å². The molecule has 1 aliphatic rings. The van der Waals surface area contributed by atoms with Crippen LogP contribution in [0.5, 0.6) is 0 Å². The Kier molecular flexibility index (Phi) is 3.00. The van der Waals surface area contributed by atoms with E-state index in [1.165, 1.54) is 12.1 Å². The molecule has 0 spiro atoms. The summed E-state index contributed by atoms with van der Waals surface area (Å²) in [7, 11) is 0. The Balaban J connectivity index is 2.34. The van der Waals surface area contributed by atoms with Crippen molar-refractivity contribution in [2.75, 3.05) is 6.61 Å². The predicted octanol–water partition coefficient (Wildman–Crippen LogP) is 2.52. The summed E-state index contributed by atoms with van der Waals surface area (Å²) in [5.41, 5.74) is 0.760. The number of rotatable bonds is 1. The molecule has 0 aliphatic carbocycles. The fraction of sp³-hybridized carbons (Fsp3) is 0.538. The van der Waals surface area contributed by atoms with Crippen LogP contribution >= 0.6 is 0 Å². The quantitative estimate of drug-likeness (QED) is 0.794. The van der Waals surface area contributed by atoms with E-state index in [1.54, 1.807) is 6.07 Å². The van der Waals surface area contributed by atoms with Crippen LogP contribution in [-0.2, 0) is 10.3 Å². The second kappa shape index (κ2) is 4.15. The zero-order valence-corrected chi connectivity index (χ0v) is 9.66. The van der Waals surface area contributed by atoms with E-state index in [0.717, 1.165) is 11.1 Å². The second-order valence-corrected chi connectivity index (χ2v) is 4.63. The molecule has 1 N–H and O–H groups in total. The highest BCUT2D eigenvalue weighted by molar-refractivity contribution is 5.32. The monoisotopic (exact) mass is 224 g/mol. The number of aliphatic hydroxyl groups is 1. The molecule has 1 saturated heterocycles. The number of ether oxygens (including phenoxy) is 1. The molecule has 0 saturated carbocycles. The van der Waals surface area contributed by atoms with Crippen LogP contribution in [0.3, 0.4) is 0 Å². The minimum atomic E-state index is -0.866. The number of hydrogen-bond acceptors (Lipinski definition) is 2. The van der Waals surface area contributed by atoms with E-state index >= 15 is 0 Å². The van der Waals surface area contributed by atoms with Gasteiger partial charge in [0.25, 0.3) is 0 Å². The summed E-state index contributed by atoms with van der Waals surface area (Å²) < 4.78 is 18.4. The van der Waals surface area contributed by atoms with E-state index in [-0.39, 0.29) is 11.9 Å². The van der Waals surface area contributed by atoms with Gasteiger partial charge in [0.15, 0.2) is 0 Å². The molecule has 3 heteroatoms. The summed E-state index contributed by atoms with van der Waals surface area (Å²) in [5.74, 6) is -0.259. The predicted molar refractivity (Wildman–Crippen MR) is 59.7 cm³/mol. The smallest absolute Gasteiger partial charge is 0.123 e. The van der Waals surface area contributed by atoms with Gasteiger partial charge in [-0.1, -0.05) is 6.07 Å². The van der Waals surface area contributed by atoms with Gasteiger partial charge in [0, 0.05) is 12.8 Å². The van der Waals surface area contributed by atoms with E-state index in [4.69, 9.17) is 4.74 Å². The average Bonchev–Trinajstić information content (AvgIpc) is 2.16. The third-order valence-corrected chi connectivity index (χ3v) is 3.23. The van der Waals surface area contributed by atoms with Crippen LogP contribution in [0.1, 0.15) is 30.9 Å². The molecule has 0 aromatic heterocycles. The zero-order valence-electron chi connectivity index (χ0n) is 9.66. The first-order valence-corrected chi connectivity index (χ1v) is 5.62. The standard InChI is InChI=1S/C13H17FO2/c1-9-7-11(14)3-4-12(9)13(15)5-6-16-10(2)8-13/h3-4,7,10,15H,5-6,8H2,1-2H3. The first-order chi connectivity index (χ1) is 7.51. The summed E-state index contributed by atoms with van der Waals surface area (Å²) >= 11 is 0. The van der Waals surface area contributed by atoms with Gasteiger partial charge in [0.2, 0.25) is 0 Å². The number of benzene rings is 1. The van der Waals surface area contributed by atoms with Crippen LogP contribution in [0.4, 0.5) is 4.39 Å². The SMILES string of the molecule is Cc1cc(F)ccc1C1(O)CCOC(C)C1. The van der Waals surface area contributed by atoms with Gasteiger partial charge in [-0.25, -0.2) is 4.39 Å². The van der Waals surface area contributed by atoms with Gasteiger partial charge in [-0.15, -0.1) is 0 Å². The Morgan fingerprint density at radius 1 is 1.50 bits per heavy atom. The molecule has 0 bridgehead atoms. The fourth-order valence-electron chi connectivity index (χ4n) is 2.46. The Morgan fingerprint density at radius 2 is 2.25 bits per heavy atom. The van der Waals surface area contributed by atoms with Gasteiger partial charge in [0.05, 0.1) is 18.3 Å². The summed E-state index contributed by atoms with van der Waals surface area (Å²) in [5, 5.41) is 10.6. The molecule has 1 aromatic carbocycles. The molecule has 2 rings (SSSR count). The maximum absolute atomic E-state index is 13.0. The molecule has 1 aromatic rings. The Bertz CT molecular complexity index is 392. The summed E-state index contributed by atoms with van der Waals surface area (Å²) in [4.78, 5) is 0. The number of hydrogen-bond donors (Lipinski definition) is 1. The summed E-state index contributed by atoms with van der Waals surface area (Å²) in [6.07, 6.45) is 1.19. The Labute approximate surface area is 95.1 Å². The lowest BCUT2D eigenvalue weighted by molar-refractivity contribution is -0.102. The highest BCUT2D eigenvalue weighted by Crippen LogP contribution is 2.36. The van der Waals surface area contributed by atoms with Crippen molar-refractivity contribution in [1.82, 2.24) is 0 Å². The fourth-order valence-corrected chi connectivity index (χ4v) is 2.46. The second-order valence-electron chi connectivity index (χ2n) is 4.63. The van der Waals surface area contributed by atoms with Crippen LogP contribution in [0.15, 0.2) is 18.2 Å². The zero-order chi connectivity index (χ0) is 11.8. The highest BCUT2D eigenvalue weighted by atomic mass is 19.1. The van der Waals surface area contributed by atoms with Crippen molar-refractivity contribution in [3.63, 3.8) is 0 Å². The molecule has 2 atom stereocenters. The third kappa shape index (κ3) is 2.11. The topological polar surface area (TPSA) is 29.5 Å². The van der Waals surface area contributed by atoms with Crippen molar-refractivity contribution in [1.29, 1.82) is 0 Å².